The minimum Gasteiger partial charge on any atom is -0.481 e. The highest BCUT2D eigenvalue weighted by Gasteiger charge is 2.57. The van der Waals surface area contributed by atoms with Crippen molar-refractivity contribution >= 4 is 30.2 Å². The van der Waals surface area contributed by atoms with Crippen molar-refractivity contribution in [1.29, 1.82) is 0 Å². The first-order valence-corrected chi connectivity index (χ1v) is 7.97. The van der Waals surface area contributed by atoms with Crippen LogP contribution in [0.3, 0.4) is 0 Å². The van der Waals surface area contributed by atoms with E-state index in [0.717, 1.165) is 0 Å². The molecule has 2 atom stereocenters. The van der Waals surface area contributed by atoms with Crippen molar-refractivity contribution in [2.45, 2.75) is 36.8 Å². The van der Waals surface area contributed by atoms with Crippen LogP contribution in [-0.2, 0) is 24.7 Å². The molecule has 0 aliphatic rings. The van der Waals surface area contributed by atoms with Crippen LogP contribution in [0, 0.1) is 0 Å². The summed E-state index contributed by atoms with van der Waals surface area (Å²) in [4.78, 5) is 46.1. The Labute approximate surface area is 155 Å². The zero-order chi connectivity index (χ0) is 20.7. The quantitative estimate of drug-likeness (QED) is 0.109. The number of carboxylic acid groups (broad SMARTS) is 2. The Balaban J connectivity index is 3.53. The van der Waals surface area contributed by atoms with E-state index in [9.17, 15) is 24.3 Å². The van der Waals surface area contributed by atoms with Gasteiger partial charge in [0.2, 0.25) is 0 Å². The number of nitrogens with two attached hydrogens (primary N) is 3. The molecule has 0 saturated heterocycles. The van der Waals surface area contributed by atoms with Crippen molar-refractivity contribution in [1.82, 2.24) is 0 Å². The maximum absolute atomic E-state index is 12.6. The Bertz CT molecular complexity index is 748. The summed E-state index contributed by atoms with van der Waals surface area (Å²) in [7, 11) is 0. The Kier molecular flexibility index (Phi) is 7.32. The van der Waals surface area contributed by atoms with Crippen LogP contribution in [-0.4, -0.2) is 46.0 Å². The van der Waals surface area contributed by atoms with E-state index < -0.39 is 48.1 Å². The standard InChI is InChI=1S/C17H22N4O6/c18-16(8-7-14(24)25,12-5-3-11(4-6-12)10-21-20)17(19,15(26)27)13(23)2-1-9-22/h3-6,9-10H,1-2,7-8,18-20H2,(H,24,25)(H,26,27). The molecule has 1 aromatic rings. The van der Waals surface area contributed by atoms with Gasteiger partial charge in [-0.15, -0.1) is 0 Å². The summed E-state index contributed by atoms with van der Waals surface area (Å²) in [5, 5.41) is 22.1. The van der Waals surface area contributed by atoms with E-state index in [2.05, 4.69) is 5.10 Å². The largest absolute Gasteiger partial charge is 0.481 e. The van der Waals surface area contributed by atoms with Gasteiger partial charge < -0.3 is 32.3 Å². The third-order valence-electron chi connectivity index (χ3n) is 4.35. The normalized spacial score (nSPS) is 15.6. The molecule has 0 radical (unpaired) electrons. The lowest BCUT2D eigenvalue weighted by atomic mass is 9.67. The number of aldehydes is 1. The number of carboxylic acids is 2. The van der Waals surface area contributed by atoms with Crippen LogP contribution in [0.4, 0.5) is 0 Å². The van der Waals surface area contributed by atoms with Crippen molar-refractivity contribution in [3.8, 4) is 0 Å². The highest BCUT2D eigenvalue weighted by atomic mass is 16.4. The molecule has 0 saturated carbocycles. The first-order valence-electron chi connectivity index (χ1n) is 7.97. The molecule has 10 heteroatoms. The van der Waals surface area contributed by atoms with Gasteiger partial charge in [0.1, 0.15) is 6.29 Å². The van der Waals surface area contributed by atoms with Gasteiger partial charge in [-0.25, -0.2) is 4.79 Å². The maximum atomic E-state index is 12.6. The van der Waals surface area contributed by atoms with E-state index in [1.165, 1.54) is 30.5 Å². The topological polar surface area (TPSA) is 199 Å². The second-order valence-electron chi connectivity index (χ2n) is 6.01. The highest BCUT2D eigenvalue weighted by Crippen LogP contribution is 2.36. The molecule has 0 spiro atoms. The molecule has 0 amide bonds. The number of hydrogen-bond acceptors (Lipinski definition) is 8. The van der Waals surface area contributed by atoms with E-state index in [1.807, 2.05) is 0 Å². The smallest absolute Gasteiger partial charge is 0.333 e. The third-order valence-corrected chi connectivity index (χ3v) is 4.35. The van der Waals surface area contributed by atoms with Crippen LogP contribution >= 0.6 is 0 Å². The van der Waals surface area contributed by atoms with Gasteiger partial charge in [-0.3, -0.25) is 9.59 Å². The second kappa shape index (κ2) is 9.01. The molecule has 0 heterocycles. The van der Waals surface area contributed by atoms with Crippen LogP contribution in [0.15, 0.2) is 29.4 Å². The van der Waals surface area contributed by atoms with Crippen molar-refractivity contribution in [2.24, 2.45) is 22.4 Å². The van der Waals surface area contributed by atoms with Gasteiger partial charge in [-0.1, -0.05) is 24.3 Å². The fourth-order valence-corrected chi connectivity index (χ4v) is 2.77. The lowest BCUT2D eigenvalue weighted by Crippen LogP contribution is -2.72. The van der Waals surface area contributed by atoms with Crippen molar-refractivity contribution in [3.63, 3.8) is 0 Å². The number of benzene rings is 1. The zero-order valence-corrected chi connectivity index (χ0v) is 14.5. The van der Waals surface area contributed by atoms with Crippen LogP contribution in [0.25, 0.3) is 0 Å². The minimum absolute atomic E-state index is 0.155. The Morgan fingerprint density at radius 2 is 1.67 bits per heavy atom. The average molecular weight is 378 g/mol. The van der Waals surface area contributed by atoms with Gasteiger partial charge in [-0.2, -0.15) is 5.10 Å². The number of carbonyl (C=O) groups is 4. The van der Waals surface area contributed by atoms with E-state index in [4.69, 9.17) is 22.4 Å². The van der Waals surface area contributed by atoms with Gasteiger partial charge in [0.05, 0.1) is 11.8 Å². The van der Waals surface area contributed by atoms with Crippen LogP contribution in [0.5, 0.6) is 0 Å². The summed E-state index contributed by atoms with van der Waals surface area (Å²) in [6.45, 7) is 0. The lowest BCUT2D eigenvalue weighted by molar-refractivity contribution is -0.153. The van der Waals surface area contributed by atoms with Gasteiger partial charge in [-0.05, 0) is 17.5 Å². The van der Waals surface area contributed by atoms with Crippen LogP contribution < -0.4 is 17.3 Å². The fourth-order valence-electron chi connectivity index (χ4n) is 2.77. The average Bonchev–Trinajstić information content (AvgIpc) is 2.63. The zero-order valence-electron chi connectivity index (χ0n) is 14.5. The Morgan fingerprint density at radius 3 is 2.11 bits per heavy atom. The number of Topliss-reactive ketones (excluding diaryl/α,β-unsaturated/α-hetero) is 1. The molecule has 0 aliphatic carbocycles. The van der Waals surface area contributed by atoms with E-state index in [-0.39, 0.29) is 12.0 Å². The molecule has 1 aromatic carbocycles. The van der Waals surface area contributed by atoms with Gasteiger partial charge in [0.25, 0.3) is 0 Å². The summed E-state index contributed by atoms with van der Waals surface area (Å²) >= 11 is 0. The van der Waals surface area contributed by atoms with E-state index in [1.54, 1.807) is 0 Å². The molecule has 0 aromatic heterocycles. The summed E-state index contributed by atoms with van der Waals surface area (Å²) < 4.78 is 0. The molecule has 0 bridgehead atoms. The number of ketones is 1. The number of rotatable bonds is 11. The van der Waals surface area contributed by atoms with Gasteiger partial charge in [0.15, 0.2) is 11.3 Å². The third kappa shape index (κ3) is 4.54. The molecule has 10 nitrogen and oxygen atoms in total. The van der Waals surface area contributed by atoms with Crippen LogP contribution in [0.1, 0.15) is 36.8 Å². The predicted molar refractivity (Wildman–Crippen MR) is 95.8 cm³/mol. The first kappa shape index (κ1) is 21.9. The maximum Gasteiger partial charge on any atom is 0.333 e. The minimum atomic E-state index is -2.63. The molecular weight excluding hydrogens is 356 g/mol. The van der Waals surface area contributed by atoms with E-state index in [0.29, 0.717) is 11.8 Å². The summed E-state index contributed by atoms with van der Waals surface area (Å²) in [6.07, 6.45) is 0.193. The Hall–Kier alpha value is -3.11. The van der Waals surface area contributed by atoms with Gasteiger partial charge >= 0.3 is 11.9 Å². The number of nitrogens with zero attached hydrogens (tertiary/aromatic N) is 1. The fraction of sp³-hybridized carbons (Fsp3) is 0.353. The first-order chi connectivity index (χ1) is 12.6. The SMILES string of the molecule is NN=Cc1ccc(C(N)(CCC(=O)O)C(N)(C(=O)O)C(=O)CCC=O)cc1. The van der Waals surface area contributed by atoms with E-state index >= 15 is 0 Å². The second-order valence-corrected chi connectivity index (χ2v) is 6.01. The highest BCUT2D eigenvalue weighted by molar-refractivity contribution is 6.09. The summed E-state index contributed by atoms with van der Waals surface area (Å²) in [5.74, 6) is 1.16. The molecule has 146 valence electrons. The molecule has 0 aliphatic heterocycles. The molecular formula is C17H22N4O6. The van der Waals surface area contributed by atoms with Crippen molar-refractivity contribution in [3.05, 3.63) is 35.4 Å². The molecule has 8 N–H and O–H groups in total. The number of hydrogen-bond donors (Lipinski definition) is 5. The predicted octanol–water partition coefficient (Wildman–Crippen LogP) is -0.672. The lowest BCUT2D eigenvalue weighted by Gasteiger charge is -2.42. The summed E-state index contributed by atoms with van der Waals surface area (Å²) in [5.41, 5.74) is 8.37. The van der Waals surface area contributed by atoms with Crippen molar-refractivity contribution in [2.75, 3.05) is 0 Å². The monoisotopic (exact) mass is 378 g/mol. The molecule has 1 rings (SSSR count). The Morgan fingerprint density at radius 1 is 1.07 bits per heavy atom. The van der Waals surface area contributed by atoms with Crippen LogP contribution in [0.2, 0.25) is 0 Å². The van der Waals surface area contributed by atoms with Crippen molar-refractivity contribution < 1.29 is 29.4 Å². The van der Waals surface area contributed by atoms with Gasteiger partial charge in [0, 0.05) is 19.3 Å². The molecule has 27 heavy (non-hydrogen) atoms. The molecule has 2 unspecified atom stereocenters. The number of hydrazone groups is 1. The number of carbonyl (C=O) groups excluding carboxylic acids is 2. The summed E-state index contributed by atoms with van der Waals surface area (Å²) in [6, 6.07) is 5.89. The number of aliphatic carboxylic acids is 2. The molecule has 0 fully saturated rings.